The van der Waals surface area contributed by atoms with E-state index in [2.05, 4.69) is 75.8 Å². The molecule has 0 spiro atoms. The summed E-state index contributed by atoms with van der Waals surface area (Å²) in [7, 11) is 7.98. The van der Waals surface area contributed by atoms with Crippen molar-refractivity contribution in [1.82, 2.24) is 19.7 Å². The van der Waals surface area contributed by atoms with Gasteiger partial charge in [0, 0.05) is 58.5 Å². The number of aromatic nitrogens is 3. The molecule has 0 saturated heterocycles. The summed E-state index contributed by atoms with van der Waals surface area (Å²) in [6.07, 6.45) is 6.67. The second-order valence-corrected chi connectivity index (χ2v) is 11.7. The maximum absolute atomic E-state index is 6.17. The number of pyridine rings is 1. The Hall–Kier alpha value is -3.30. The Bertz CT molecular complexity index is 1440. The minimum Gasteiger partial charge on any atom is -0.497 e. The van der Waals surface area contributed by atoms with Crippen molar-refractivity contribution in [3.05, 3.63) is 70.0 Å². The first-order chi connectivity index (χ1) is 19.3. The number of aryl methyl sites for hydroxylation is 1. The lowest BCUT2D eigenvalue weighted by molar-refractivity contribution is 0.221. The van der Waals surface area contributed by atoms with E-state index in [1.807, 2.05) is 42.2 Å². The van der Waals surface area contributed by atoms with E-state index in [1.54, 1.807) is 7.11 Å². The number of hydrogen-bond donors (Lipinski definition) is 2. The van der Waals surface area contributed by atoms with E-state index in [1.165, 1.54) is 25.7 Å². The Morgan fingerprint density at radius 2 is 1.80 bits per heavy atom. The third-order valence-corrected chi connectivity index (χ3v) is 8.48. The van der Waals surface area contributed by atoms with Crippen molar-refractivity contribution in [2.45, 2.75) is 57.8 Å². The van der Waals surface area contributed by atoms with E-state index in [4.69, 9.17) is 14.5 Å². The molecule has 2 aromatic heterocycles. The molecule has 1 saturated carbocycles. The maximum atomic E-state index is 6.17. The summed E-state index contributed by atoms with van der Waals surface area (Å²) in [6, 6.07) is 15.4. The van der Waals surface area contributed by atoms with Gasteiger partial charge in [0.25, 0.3) is 0 Å². The molecule has 0 aliphatic heterocycles. The highest BCUT2D eigenvalue weighted by molar-refractivity contribution is 9.10. The van der Waals surface area contributed by atoms with Crippen LogP contribution in [0.3, 0.4) is 0 Å². The highest BCUT2D eigenvalue weighted by Gasteiger charge is 2.23. The van der Waals surface area contributed by atoms with Gasteiger partial charge in [0.15, 0.2) is 0 Å². The number of halogens is 1. The summed E-state index contributed by atoms with van der Waals surface area (Å²) in [5.74, 6) is 2.29. The van der Waals surface area contributed by atoms with Crippen molar-refractivity contribution < 1.29 is 9.47 Å². The smallest absolute Gasteiger partial charge is 0.238 e. The monoisotopic (exact) mass is 606 g/mol. The van der Waals surface area contributed by atoms with Crippen LogP contribution in [0.25, 0.3) is 10.8 Å². The van der Waals surface area contributed by atoms with E-state index in [9.17, 15) is 0 Å². The molecule has 0 bridgehead atoms. The summed E-state index contributed by atoms with van der Waals surface area (Å²) in [5.41, 5.74) is 4.26. The number of methoxy groups -OCH3 is 1. The molecule has 1 aliphatic carbocycles. The van der Waals surface area contributed by atoms with Gasteiger partial charge in [-0.15, -0.1) is 5.10 Å². The van der Waals surface area contributed by atoms with Gasteiger partial charge < -0.3 is 25.0 Å². The number of fused-ring (bicyclic) bond motifs is 1. The van der Waals surface area contributed by atoms with Crippen LogP contribution in [0, 0.1) is 6.92 Å². The van der Waals surface area contributed by atoms with Crippen LogP contribution in [-0.4, -0.2) is 53.0 Å². The SMILES string of the molecule is COc1ccc(COc2nn(C)c(C)c2CNc2nccc3c(NC4CCC(N(C)C)CC4)cc(Br)cc23)cc1. The average Bonchev–Trinajstić information content (AvgIpc) is 3.23. The summed E-state index contributed by atoms with van der Waals surface area (Å²) in [4.78, 5) is 7.07. The van der Waals surface area contributed by atoms with Crippen LogP contribution in [0.1, 0.15) is 42.5 Å². The molecule has 2 N–H and O–H groups in total. The predicted octanol–water partition coefficient (Wildman–Crippen LogP) is 6.52. The number of rotatable bonds is 10. The molecule has 0 amide bonds. The minimum absolute atomic E-state index is 0.429. The molecule has 4 aromatic rings. The van der Waals surface area contributed by atoms with E-state index in [0.29, 0.717) is 31.1 Å². The van der Waals surface area contributed by atoms with E-state index in [-0.39, 0.29) is 0 Å². The van der Waals surface area contributed by atoms with Crippen LogP contribution in [0.5, 0.6) is 11.6 Å². The van der Waals surface area contributed by atoms with Crippen molar-refractivity contribution in [3.63, 3.8) is 0 Å². The Labute approximate surface area is 245 Å². The lowest BCUT2D eigenvalue weighted by atomic mass is 9.90. The van der Waals surface area contributed by atoms with Crippen molar-refractivity contribution in [2.75, 3.05) is 31.8 Å². The molecule has 1 fully saturated rings. The first-order valence-corrected chi connectivity index (χ1v) is 14.6. The van der Waals surface area contributed by atoms with Crippen LogP contribution < -0.4 is 20.1 Å². The van der Waals surface area contributed by atoms with Crippen molar-refractivity contribution in [2.24, 2.45) is 7.05 Å². The Kier molecular flexibility index (Phi) is 8.81. The van der Waals surface area contributed by atoms with Crippen molar-refractivity contribution >= 4 is 38.2 Å². The van der Waals surface area contributed by atoms with Gasteiger partial charge in [0.1, 0.15) is 18.2 Å². The fourth-order valence-corrected chi connectivity index (χ4v) is 5.91. The molecule has 2 heterocycles. The fraction of sp³-hybridized carbons (Fsp3) is 0.419. The summed E-state index contributed by atoms with van der Waals surface area (Å²) in [5, 5.41) is 14.3. The van der Waals surface area contributed by atoms with Crippen LogP contribution in [0.4, 0.5) is 11.5 Å². The standard InChI is InChI=1S/C31H39BrN6O2/c1-20-28(31(36-38(20)4)40-19-21-6-12-25(39-5)13-7-21)18-34-30-27-16-22(32)17-29(26(27)14-15-33-30)35-23-8-10-24(11-9-23)37(2)3/h6-7,12-17,23-24,35H,8-11,18-19H2,1-5H3,(H,33,34). The highest BCUT2D eigenvalue weighted by Crippen LogP contribution is 2.34. The number of nitrogens with zero attached hydrogens (tertiary/aromatic N) is 4. The predicted molar refractivity (Wildman–Crippen MR) is 165 cm³/mol. The quantitative estimate of drug-likeness (QED) is 0.213. The molecule has 40 heavy (non-hydrogen) atoms. The molecule has 0 unspecified atom stereocenters. The zero-order valence-electron chi connectivity index (χ0n) is 24.0. The normalized spacial score (nSPS) is 17.3. The minimum atomic E-state index is 0.429. The van der Waals surface area contributed by atoms with Gasteiger partial charge in [0.05, 0.1) is 12.7 Å². The molecule has 2 aromatic carbocycles. The van der Waals surface area contributed by atoms with Crippen molar-refractivity contribution in [3.8, 4) is 11.6 Å². The number of anilines is 2. The largest absolute Gasteiger partial charge is 0.497 e. The van der Waals surface area contributed by atoms with Gasteiger partial charge in [-0.2, -0.15) is 0 Å². The second-order valence-electron chi connectivity index (χ2n) is 10.8. The van der Waals surface area contributed by atoms with E-state index >= 15 is 0 Å². The molecular formula is C31H39BrN6O2. The Balaban J connectivity index is 1.32. The maximum Gasteiger partial charge on any atom is 0.238 e. The first-order valence-electron chi connectivity index (χ1n) is 13.9. The first kappa shape index (κ1) is 28.2. The Morgan fingerprint density at radius 1 is 1.05 bits per heavy atom. The van der Waals surface area contributed by atoms with Gasteiger partial charge in [-0.25, -0.2) is 4.98 Å². The lowest BCUT2D eigenvalue weighted by Crippen LogP contribution is -2.36. The molecular weight excluding hydrogens is 568 g/mol. The highest BCUT2D eigenvalue weighted by atomic mass is 79.9. The van der Waals surface area contributed by atoms with Crippen LogP contribution >= 0.6 is 15.9 Å². The summed E-state index contributed by atoms with van der Waals surface area (Å²) >= 11 is 3.74. The average molecular weight is 608 g/mol. The molecule has 8 nitrogen and oxygen atoms in total. The van der Waals surface area contributed by atoms with Gasteiger partial charge in [0.2, 0.25) is 5.88 Å². The van der Waals surface area contributed by atoms with Crippen LogP contribution in [-0.2, 0) is 20.2 Å². The van der Waals surface area contributed by atoms with Crippen LogP contribution in [0.15, 0.2) is 53.1 Å². The molecule has 0 atom stereocenters. The molecule has 9 heteroatoms. The second kappa shape index (κ2) is 12.5. The number of hydrogen-bond acceptors (Lipinski definition) is 7. The third-order valence-electron chi connectivity index (χ3n) is 8.02. The van der Waals surface area contributed by atoms with Crippen LogP contribution in [0.2, 0.25) is 0 Å². The summed E-state index contributed by atoms with van der Waals surface area (Å²) in [6.45, 7) is 3.04. The molecule has 0 radical (unpaired) electrons. The molecule has 5 rings (SSSR count). The number of benzene rings is 2. The van der Waals surface area contributed by atoms with Gasteiger partial charge in [-0.1, -0.05) is 28.1 Å². The van der Waals surface area contributed by atoms with Gasteiger partial charge in [-0.3, -0.25) is 4.68 Å². The fourth-order valence-electron chi connectivity index (χ4n) is 5.45. The molecule has 1 aliphatic rings. The molecule has 212 valence electrons. The summed E-state index contributed by atoms with van der Waals surface area (Å²) < 4.78 is 14.3. The number of ether oxygens (including phenoxy) is 2. The van der Waals surface area contributed by atoms with Crippen molar-refractivity contribution in [1.29, 1.82) is 0 Å². The van der Waals surface area contributed by atoms with E-state index < -0.39 is 0 Å². The Morgan fingerprint density at radius 3 is 2.50 bits per heavy atom. The third kappa shape index (κ3) is 6.36. The topological polar surface area (TPSA) is 76.5 Å². The van der Waals surface area contributed by atoms with Gasteiger partial charge in [-0.05, 0) is 82.6 Å². The zero-order valence-corrected chi connectivity index (χ0v) is 25.6. The zero-order chi connectivity index (χ0) is 28.2. The lowest BCUT2D eigenvalue weighted by Gasteiger charge is -2.33. The van der Waals surface area contributed by atoms with E-state index in [0.717, 1.165) is 49.3 Å². The van der Waals surface area contributed by atoms with Gasteiger partial charge >= 0.3 is 0 Å². The number of nitrogens with one attached hydrogen (secondary N) is 2.